The zero-order chi connectivity index (χ0) is 13.8. The van der Waals surface area contributed by atoms with Gasteiger partial charge in [0, 0.05) is 17.5 Å². The molecule has 1 aromatic rings. The molecule has 1 aromatic carbocycles. The Balaban J connectivity index is 0.00000200. The third-order valence-corrected chi connectivity index (χ3v) is 4.20. The van der Waals surface area contributed by atoms with Gasteiger partial charge in [-0.05, 0) is 36.5 Å². The van der Waals surface area contributed by atoms with Crippen molar-refractivity contribution in [1.29, 1.82) is 0 Å². The summed E-state index contributed by atoms with van der Waals surface area (Å²) in [5.74, 6) is 0.430. The molecule has 20 heavy (non-hydrogen) atoms. The van der Waals surface area contributed by atoms with E-state index in [2.05, 4.69) is 5.32 Å². The molecule has 1 aliphatic carbocycles. The minimum atomic E-state index is -0.144. The van der Waals surface area contributed by atoms with Crippen LogP contribution < -0.4 is 11.1 Å². The van der Waals surface area contributed by atoms with Crippen LogP contribution in [0, 0.1) is 11.8 Å². The van der Waals surface area contributed by atoms with Crippen LogP contribution in [0.15, 0.2) is 24.3 Å². The Morgan fingerprint density at radius 2 is 2.00 bits per heavy atom. The highest BCUT2D eigenvalue weighted by Gasteiger charge is 2.30. The number of benzene rings is 1. The summed E-state index contributed by atoms with van der Waals surface area (Å²) in [4.78, 5) is 12.1. The molecule has 0 bridgehead atoms. The number of hydrogen-bond donors (Lipinski definition) is 2. The molecular formula is C15H22Cl2N2O. The van der Waals surface area contributed by atoms with Gasteiger partial charge in [0.05, 0.1) is 6.04 Å². The lowest BCUT2D eigenvalue weighted by molar-refractivity contribution is -0.125. The molecule has 0 heterocycles. The van der Waals surface area contributed by atoms with Gasteiger partial charge in [0.1, 0.15) is 0 Å². The van der Waals surface area contributed by atoms with Gasteiger partial charge in [0.2, 0.25) is 5.91 Å². The first-order valence-electron chi connectivity index (χ1n) is 6.87. The third-order valence-electron chi connectivity index (χ3n) is 3.95. The second-order valence-corrected chi connectivity index (χ2v) is 5.80. The van der Waals surface area contributed by atoms with Crippen LogP contribution in [0.4, 0.5) is 0 Å². The van der Waals surface area contributed by atoms with Gasteiger partial charge in [-0.2, -0.15) is 0 Å². The number of nitrogens with two attached hydrogens (primary N) is 1. The smallest absolute Gasteiger partial charge is 0.224 e. The zero-order valence-electron chi connectivity index (χ0n) is 11.6. The van der Waals surface area contributed by atoms with Crippen molar-refractivity contribution in [3.63, 3.8) is 0 Å². The Hall–Kier alpha value is -0.770. The van der Waals surface area contributed by atoms with E-state index in [1.165, 1.54) is 19.3 Å². The topological polar surface area (TPSA) is 55.1 Å². The van der Waals surface area contributed by atoms with Crippen molar-refractivity contribution in [2.45, 2.75) is 32.2 Å². The highest BCUT2D eigenvalue weighted by atomic mass is 35.5. The lowest BCUT2D eigenvalue weighted by Gasteiger charge is -2.35. The molecule has 0 saturated heterocycles. The van der Waals surface area contributed by atoms with Crippen molar-refractivity contribution in [1.82, 2.24) is 5.32 Å². The first kappa shape index (κ1) is 17.3. The van der Waals surface area contributed by atoms with Crippen molar-refractivity contribution < 1.29 is 4.79 Å². The van der Waals surface area contributed by atoms with Gasteiger partial charge in [0.15, 0.2) is 0 Å². The van der Waals surface area contributed by atoms with Gasteiger partial charge in [-0.3, -0.25) is 4.79 Å². The molecule has 2 unspecified atom stereocenters. The lowest BCUT2D eigenvalue weighted by Crippen LogP contribution is -2.40. The van der Waals surface area contributed by atoms with Gasteiger partial charge in [-0.1, -0.05) is 37.1 Å². The third kappa shape index (κ3) is 4.11. The number of halogens is 2. The van der Waals surface area contributed by atoms with E-state index in [-0.39, 0.29) is 30.3 Å². The Kier molecular flexibility index (Phi) is 6.80. The standard InChI is InChI=1S/C15H21ClN2O.ClH/c1-10(9-17)15(19)18-14(11-3-2-4-11)12-5-7-13(16)8-6-12;/h5-8,10-11,14H,2-4,9,17H2,1H3,(H,18,19);1H. The van der Waals surface area contributed by atoms with E-state index in [0.717, 1.165) is 10.6 Å². The highest BCUT2D eigenvalue weighted by molar-refractivity contribution is 6.30. The van der Waals surface area contributed by atoms with Gasteiger partial charge < -0.3 is 11.1 Å². The molecule has 0 radical (unpaired) electrons. The van der Waals surface area contributed by atoms with Crippen molar-refractivity contribution >= 4 is 29.9 Å². The average molecular weight is 317 g/mol. The van der Waals surface area contributed by atoms with Crippen LogP contribution in [0.25, 0.3) is 0 Å². The fourth-order valence-corrected chi connectivity index (χ4v) is 2.45. The summed E-state index contributed by atoms with van der Waals surface area (Å²) in [5, 5.41) is 3.86. The number of nitrogens with one attached hydrogen (secondary N) is 1. The fourth-order valence-electron chi connectivity index (χ4n) is 2.32. The van der Waals surface area contributed by atoms with Crippen LogP contribution in [-0.2, 0) is 4.79 Å². The molecule has 2 rings (SSSR count). The molecule has 2 atom stereocenters. The van der Waals surface area contributed by atoms with Crippen molar-refractivity contribution in [3.05, 3.63) is 34.9 Å². The van der Waals surface area contributed by atoms with E-state index < -0.39 is 0 Å². The Morgan fingerprint density at radius 1 is 1.40 bits per heavy atom. The van der Waals surface area contributed by atoms with Crippen molar-refractivity contribution in [3.8, 4) is 0 Å². The number of hydrogen-bond acceptors (Lipinski definition) is 2. The zero-order valence-corrected chi connectivity index (χ0v) is 13.2. The van der Waals surface area contributed by atoms with E-state index in [9.17, 15) is 4.79 Å². The molecule has 3 N–H and O–H groups in total. The maximum Gasteiger partial charge on any atom is 0.224 e. The minimum Gasteiger partial charge on any atom is -0.349 e. The predicted octanol–water partition coefficient (Wildman–Crippen LogP) is 3.31. The SMILES string of the molecule is CC(CN)C(=O)NC(c1ccc(Cl)cc1)C1CCC1.Cl. The van der Waals surface area contributed by atoms with Crippen molar-refractivity contribution in [2.24, 2.45) is 17.6 Å². The second kappa shape index (κ2) is 7.87. The first-order chi connectivity index (χ1) is 9.11. The highest BCUT2D eigenvalue weighted by Crippen LogP contribution is 2.38. The summed E-state index contributed by atoms with van der Waals surface area (Å²) in [5.41, 5.74) is 6.68. The molecular weight excluding hydrogens is 295 g/mol. The summed E-state index contributed by atoms with van der Waals surface area (Å²) in [6.45, 7) is 2.23. The molecule has 0 aliphatic heterocycles. The number of carbonyl (C=O) groups excluding carboxylic acids is 1. The molecule has 0 spiro atoms. The largest absolute Gasteiger partial charge is 0.349 e. The summed E-state index contributed by atoms with van der Waals surface area (Å²) >= 11 is 5.92. The van der Waals surface area contributed by atoms with Gasteiger partial charge >= 0.3 is 0 Å². The summed E-state index contributed by atoms with van der Waals surface area (Å²) in [6, 6.07) is 7.84. The Morgan fingerprint density at radius 3 is 2.45 bits per heavy atom. The second-order valence-electron chi connectivity index (χ2n) is 5.37. The predicted molar refractivity (Wildman–Crippen MR) is 85.1 cm³/mol. The average Bonchev–Trinajstić information content (AvgIpc) is 2.35. The molecule has 1 amide bonds. The van der Waals surface area contributed by atoms with Crippen LogP contribution >= 0.6 is 24.0 Å². The van der Waals surface area contributed by atoms with Crippen LogP contribution in [0.5, 0.6) is 0 Å². The first-order valence-corrected chi connectivity index (χ1v) is 7.25. The Bertz CT molecular complexity index is 432. The number of amides is 1. The summed E-state index contributed by atoms with van der Waals surface area (Å²) < 4.78 is 0. The monoisotopic (exact) mass is 316 g/mol. The minimum absolute atomic E-state index is 0. The number of carbonyl (C=O) groups is 1. The van der Waals surface area contributed by atoms with Gasteiger partial charge in [0.25, 0.3) is 0 Å². The van der Waals surface area contributed by atoms with E-state index >= 15 is 0 Å². The summed E-state index contributed by atoms with van der Waals surface area (Å²) in [7, 11) is 0. The lowest BCUT2D eigenvalue weighted by atomic mass is 9.77. The van der Waals surface area contributed by atoms with E-state index in [4.69, 9.17) is 17.3 Å². The van der Waals surface area contributed by atoms with E-state index in [1.54, 1.807) is 0 Å². The molecule has 0 aromatic heterocycles. The van der Waals surface area contributed by atoms with Crippen LogP contribution in [-0.4, -0.2) is 12.5 Å². The van der Waals surface area contributed by atoms with Crippen LogP contribution in [0.2, 0.25) is 5.02 Å². The quantitative estimate of drug-likeness (QED) is 0.875. The number of rotatable bonds is 5. The van der Waals surface area contributed by atoms with Gasteiger partial charge in [-0.15, -0.1) is 12.4 Å². The molecule has 5 heteroatoms. The molecule has 3 nitrogen and oxygen atoms in total. The molecule has 112 valence electrons. The van der Waals surface area contributed by atoms with Crippen molar-refractivity contribution in [2.75, 3.05) is 6.54 Å². The van der Waals surface area contributed by atoms with E-state index in [0.29, 0.717) is 12.5 Å². The van der Waals surface area contributed by atoms with Gasteiger partial charge in [-0.25, -0.2) is 0 Å². The molecule has 1 fully saturated rings. The molecule has 1 aliphatic rings. The fraction of sp³-hybridized carbons (Fsp3) is 0.533. The normalized spacial score (nSPS) is 17.6. The maximum absolute atomic E-state index is 12.1. The van der Waals surface area contributed by atoms with Crippen LogP contribution in [0.1, 0.15) is 37.8 Å². The van der Waals surface area contributed by atoms with Crippen LogP contribution in [0.3, 0.4) is 0 Å². The van der Waals surface area contributed by atoms with E-state index in [1.807, 2.05) is 31.2 Å². The summed E-state index contributed by atoms with van der Waals surface area (Å²) in [6.07, 6.45) is 3.59. The molecule has 1 saturated carbocycles. The Labute approximate surface area is 131 Å². The maximum atomic E-state index is 12.1.